The van der Waals surface area contributed by atoms with Crippen LogP contribution in [0.1, 0.15) is 25.8 Å². The highest BCUT2D eigenvalue weighted by Gasteiger charge is 2.23. The molecule has 0 saturated heterocycles. The van der Waals surface area contributed by atoms with Gasteiger partial charge in [0.25, 0.3) is 0 Å². The highest BCUT2D eigenvalue weighted by Crippen LogP contribution is 2.05. The maximum Gasteiger partial charge on any atom is 0.312 e. The first-order chi connectivity index (χ1) is 12.7. The lowest BCUT2D eigenvalue weighted by Gasteiger charge is -2.20. The van der Waals surface area contributed by atoms with Gasteiger partial charge in [-0.25, -0.2) is 4.79 Å². The van der Waals surface area contributed by atoms with Crippen LogP contribution in [0.5, 0.6) is 0 Å². The smallest absolute Gasteiger partial charge is 0.312 e. The molecule has 1 aromatic carbocycles. The zero-order chi connectivity index (χ0) is 20.4. The van der Waals surface area contributed by atoms with E-state index in [9.17, 15) is 19.2 Å². The Morgan fingerprint density at radius 1 is 0.963 bits per heavy atom. The van der Waals surface area contributed by atoms with Gasteiger partial charge in [0, 0.05) is 6.42 Å². The first-order valence-electron chi connectivity index (χ1n) is 8.65. The van der Waals surface area contributed by atoms with Crippen LogP contribution in [-0.2, 0) is 20.8 Å². The largest absolute Gasteiger partial charge is 0.368 e. The molecule has 9 heteroatoms. The molecule has 0 radical (unpaired) electrons. The molecule has 0 saturated carbocycles. The molecule has 0 fully saturated rings. The summed E-state index contributed by atoms with van der Waals surface area (Å²) in [5, 5.41) is 7.28. The Kier molecular flexibility index (Phi) is 8.77. The van der Waals surface area contributed by atoms with Crippen molar-refractivity contribution < 1.29 is 19.2 Å². The van der Waals surface area contributed by atoms with E-state index in [-0.39, 0.29) is 18.9 Å². The highest BCUT2D eigenvalue weighted by molar-refractivity contribution is 5.92. The van der Waals surface area contributed by atoms with Gasteiger partial charge in [0.15, 0.2) is 0 Å². The lowest BCUT2D eigenvalue weighted by molar-refractivity contribution is -0.129. The molecule has 0 aliphatic carbocycles. The van der Waals surface area contributed by atoms with Gasteiger partial charge >= 0.3 is 6.03 Å². The fourth-order valence-electron chi connectivity index (χ4n) is 2.48. The second-order valence-electron chi connectivity index (χ2n) is 6.62. The van der Waals surface area contributed by atoms with Gasteiger partial charge < -0.3 is 27.4 Å². The van der Waals surface area contributed by atoms with Gasteiger partial charge in [0.1, 0.15) is 12.1 Å². The summed E-state index contributed by atoms with van der Waals surface area (Å²) in [6, 6.07) is 6.54. The van der Waals surface area contributed by atoms with Crippen LogP contribution in [0, 0.1) is 5.92 Å². The summed E-state index contributed by atoms with van der Waals surface area (Å²) in [5.41, 5.74) is 11.3. The third-order valence-electron chi connectivity index (χ3n) is 3.72. The summed E-state index contributed by atoms with van der Waals surface area (Å²) in [6.45, 7) is 3.42. The minimum absolute atomic E-state index is 0.131. The predicted octanol–water partition coefficient (Wildman–Crippen LogP) is -0.602. The highest BCUT2D eigenvalue weighted by atomic mass is 16.2. The lowest BCUT2D eigenvalue weighted by atomic mass is 10.0. The van der Waals surface area contributed by atoms with Crippen molar-refractivity contribution in [2.75, 3.05) is 6.54 Å². The maximum atomic E-state index is 12.2. The molecule has 9 nitrogen and oxygen atoms in total. The zero-order valence-corrected chi connectivity index (χ0v) is 15.5. The van der Waals surface area contributed by atoms with E-state index >= 15 is 0 Å². The summed E-state index contributed by atoms with van der Waals surface area (Å²) in [4.78, 5) is 46.9. The number of carbonyl (C=O) groups is 4. The van der Waals surface area contributed by atoms with E-state index in [1.54, 1.807) is 0 Å². The van der Waals surface area contributed by atoms with Gasteiger partial charge in [-0.2, -0.15) is 0 Å². The van der Waals surface area contributed by atoms with Crippen LogP contribution in [0.4, 0.5) is 4.79 Å². The van der Waals surface area contributed by atoms with Crippen LogP contribution >= 0.6 is 0 Å². The summed E-state index contributed by atoms with van der Waals surface area (Å²) in [7, 11) is 0. The Balaban J connectivity index is 2.58. The van der Waals surface area contributed by atoms with Crippen molar-refractivity contribution in [1.29, 1.82) is 0 Å². The third kappa shape index (κ3) is 8.70. The van der Waals surface area contributed by atoms with Crippen LogP contribution in [0.3, 0.4) is 0 Å². The number of benzene rings is 1. The Hall–Kier alpha value is -3.10. The van der Waals surface area contributed by atoms with E-state index in [4.69, 9.17) is 11.5 Å². The molecule has 2 atom stereocenters. The molecular formula is C18H27N5O4. The first-order valence-corrected chi connectivity index (χ1v) is 8.65. The SMILES string of the molecule is CC(C)C[C@H](NC(N)=O)C(=O)NCC(=O)N[C@@H](Cc1ccccc1)C(N)=O. The van der Waals surface area contributed by atoms with Gasteiger partial charge in [-0.1, -0.05) is 44.2 Å². The maximum absolute atomic E-state index is 12.2. The minimum Gasteiger partial charge on any atom is -0.368 e. The van der Waals surface area contributed by atoms with Crippen molar-refractivity contribution in [2.45, 2.75) is 38.8 Å². The van der Waals surface area contributed by atoms with Crippen molar-refractivity contribution in [3.05, 3.63) is 35.9 Å². The van der Waals surface area contributed by atoms with Gasteiger partial charge in [-0.15, -0.1) is 0 Å². The molecule has 0 unspecified atom stereocenters. The predicted molar refractivity (Wildman–Crippen MR) is 100 cm³/mol. The Bertz CT molecular complexity index is 663. The van der Waals surface area contributed by atoms with E-state index in [1.807, 2.05) is 44.2 Å². The van der Waals surface area contributed by atoms with Crippen LogP contribution < -0.4 is 27.4 Å². The molecule has 148 valence electrons. The molecular weight excluding hydrogens is 350 g/mol. The van der Waals surface area contributed by atoms with E-state index in [1.165, 1.54) is 0 Å². The molecule has 0 spiro atoms. The topological polar surface area (TPSA) is 156 Å². The lowest BCUT2D eigenvalue weighted by Crippen LogP contribution is -2.53. The molecule has 0 bridgehead atoms. The number of carbonyl (C=O) groups excluding carboxylic acids is 4. The number of primary amides is 2. The van der Waals surface area contributed by atoms with Gasteiger partial charge in [-0.05, 0) is 17.9 Å². The van der Waals surface area contributed by atoms with E-state index in [2.05, 4.69) is 16.0 Å². The summed E-state index contributed by atoms with van der Waals surface area (Å²) < 4.78 is 0. The number of hydrogen-bond acceptors (Lipinski definition) is 4. The van der Waals surface area contributed by atoms with Crippen molar-refractivity contribution in [2.24, 2.45) is 17.4 Å². The molecule has 0 aliphatic rings. The molecule has 1 rings (SSSR count). The van der Waals surface area contributed by atoms with Crippen LogP contribution in [0.15, 0.2) is 30.3 Å². The zero-order valence-electron chi connectivity index (χ0n) is 15.5. The molecule has 1 aromatic rings. The molecule has 7 N–H and O–H groups in total. The van der Waals surface area contributed by atoms with Crippen LogP contribution in [0.2, 0.25) is 0 Å². The van der Waals surface area contributed by atoms with Crippen molar-refractivity contribution in [3.8, 4) is 0 Å². The number of nitrogens with two attached hydrogens (primary N) is 2. The fraction of sp³-hybridized carbons (Fsp3) is 0.444. The van der Waals surface area contributed by atoms with E-state index in [0.717, 1.165) is 5.56 Å². The van der Waals surface area contributed by atoms with Gasteiger partial charge in [0.05, 0.1) is 6.54 Å². The summed E-state index contributed by atoms with van der Waals surface area (Å²) in [6.07, 6.45) is 0.614. The van der Waals surface area contributed by atoms with Gasteiger partial charge in [0.2, 0.25) is 17.7 Å². The quantitative estimate of drug-likeness (QED) is 0.369. The number of hydrogen-bond donors (Lipinski definition) is 5. The molecule has 0 heterocycles. The average molecular weight is 377 g/mol. The van der Waals surface area contributed by atoms with Crippen LogP contribution in [0.25, 0.3) is 0 Å². The number of urea groups is 1. The second-order valence-corrected chi connectivity index (χ2v) is 6.62. The monoisotopic (exact) mass is 377 g/mol. The van der Waals surface area contributed by atoms with E-state index in [0.29, 0.717) is 6.42 Å². The van der Waals surface area contributed by atoms with Crippen molar-refractivity contribution in [3.63, 3.8) is 0 Å². The molecule has 27 heavy (non-hydrogen) atoms. The molecule has 0 aliphatic heterocycles. The van der Waals surface area contributed by atoms with Crippen LogP contribution in [-0.4, -0.2) is 42.4 Å². The summed E-state index contributed by atoms with van der Waals surface area (Å²) in [5.74, 6) is -1.64. The van der Waals surface area contributed by atoms with Gasteiger partial charge in [-0.3, -0.25) is 14.4 Å². The molecule has 5 amide bonds. The second kappa shape index (κ2) is 10.8. The Morgan fingerprint density at radius 2 is 1.59 bits per heavy atom. The average Bonchev–Trinajstić information content (AvgIpc) is 2.58. The number of nitrogens with one attached hydrogen (secondary N) is 3. The fourth-order valence-corrected chi connectivity index (χ4v) is 2.48. The van der Waals surface area contributed by atoms with Crippen molar-refractivity contribution in [1.82, 2.24) is 16.0 Å². The first kappa shape index (κ1) is 21.9. The minimum atomic E-state index is -0.896. The Labute approximate surface area is 158 Å². The van der Waals surface area contributed by atoms with Crippen molar-refractivity contribution >= 4 is 23.8 Å². The summed E-state index contributed by atoms with van der Waals surface area (Å²) >= 11 is 0. The van der Waals surface area contributed by atoms with E-state index < -0.39 is 35.8 Å². The number of amides is 5. The third-order valence-corrected chi connectivity index (χ3v) is 3.72. The molecule has 0 aromatic heterocycles. The Morgan fingerprint density at radius 3 is 2.11 bits per heavy atom. The number of rotatable bonds is 10. The normalized spacial score (nSPS) is 12.7. The standard InChI is InChI=1S/C18H27N5O4/c1-11(2)8-14(23-18(20)27)17(26)21-10-15(24)22-13(16(19)25)9-12-6-4-3-5-7-12/h3-7,11,13-14H,8-10H2,1-2H3,(H2,19,25)(H,21,26)(H,22,24)(H3,20,23,27)/t13-,14-/m0/s1.